The van der Waals surface area contributed by atoms with E-state index in [2.05, 4.69) is 10.3 Å². The summed E-state index contributed by atoms with van der Waals surface area (Å²) in [6.45, 7) is 5.20. The van der Waals surface area contributed by atoms with Gasteiger partial charge in [-0.3, -0.25) is 9.48 Å². The smallest absolute Gasteiger partial charge is 0.179 e. The van der Waals surface area contributed by atoms with Crippen molar-refractivity contribution in [2.24, 2.45) is 0 Å². The Bertz CT molecular complexity index is 989. The number of Topliss-reactive ketones (excluding diaryl/α,β-unsaturated/α-hetero) is 1. The number of aryl methyl sites for hydroxylation is 2. The second-order valence-corrected chi connectivity index (χ2v) is 6.84. The zero-order valence-electron chi connectivity index (χ0n) is 15.0. The van der Waals surface area contributed by atoms with Gasteiger partial charge < -0.3 is 14.0 Å². The van der Waals surface area contributed by atoms with Crippen LogP contribution in [0.1, 0.15) is 32.9 Å². The highest BCUT2D eigenvalue weighted by molar-refractivity contribution is 6.32. The molecule has 1 aromatic carbocycles. The second-order valence-electron chi connectivity index (χ2n) is 6.43. The summed E-state index contributed by atoms with van der Waals surface area (Å²) in [4.78, 5) is 12.7. The quantitative estimate of drug-likeness (QED) is 0.624. The predicted molar refractivity (Wildman–Crippen MR) is 97.8 cm³/mol. The van der Waals surface area contributed by atoms with E-state index in [4.69, 9.17) is 25.6 Å². The largest absolute Gasteiger partial charge is 0.486 e. The van der Waals surface area contributed by atoms with Gasteiger partial charge in [-0.2, -0.15) is 5.10 Å². The lowest BCUT2D eigenvalue weighted by Crippen LogP contribution is -2.16. The Morgan fingerprint density at radius 1 is 1.26 bits per heavy atom. The van der Waals surface area contributed by atoms with E-state index in [0.717, 1.165) is 22.6 Å². The summed E-state index contributed by atoms with van der Waals surface area (Å²) in [7, 11) is 0. The van der Waals surface area contributed by atoms with Crippen LogP contribution in [0.5, 0.6) is 11.5 Å². The topological polar surface area (TPSA) is 79.4 Å². The van der Waals surface area contributed by atoms with Gasteiger partial charge in [0.1, 0.15) is 19.0 Å². The van der Waals surface area contributed by atoms with Gasteiger partial charge in [0.2, 0.25) is 0 Å². The fourth-order valence-electron chi connectivity index (χ4n) is 3.03. The molecule has 0 saturated heterocycles. The van der Waals surface area contributed by atoms with E-state index in [9.17, 15) is 4.79 Å². The summed E-state index contributed by atoms with van der Waals surface area (Å²) in [6, 6.07) is 3.29. The van der Waals surface area contributed by atoms with Crippen molar-refractivity contribution in [1.82, 2.24) is 14.9 Å². The standard InChI is InChI=1S/C19H18ClN3O4/c1-11-15(12(2)27-22-11)10-23-9-13(8-21-23)5-17(24)14-6-16(20)19-18(7-14)25-3-4-26-19/h6-9H,3-5,10H2,1-2H3. The average molecular weight is 388 g/mol. The number of ether oxygens (including phenoxy) is 2. The molecule has 0 saturated carbocycles. The van der Waals surface area contributed by atoms with Gasteiger partial charge in [0.25, 0.3) is 0 Å². The van der Waals surface area contributed by atoms with Gasteiger partial charge in [-0.05, 0) is 31.5 Å². The van der Waals surface area contributed by atoms with Crippen LogP contribution in [-0.4, -0.2) is 33.9 Å². The number of carbonyl (C=O) groups excluding carboxylic acids is 1. The van der Waals surface area contributed by atoms with Crippen molar-refractivity contribution in [3.05, 3.63) is 57.7 Å². The van der Waals surface area contributed by atoms with Crippen molar-refractivity contribution < 1.29 is 18.8 Å². The number of rotatable bonds is 5. The minimum atomic E-state index is -0.0641. The predicted octanol–water partition coefficient (Wildman–Crippen LogP) is 3.39. The fourth-order valence-corrected chi connectivity index (χ4v) is 3.30. The molecule has 4 rings (SSSR count). The third kappa shape index (κ3) is 3.55. The molecule has 0 bridgehead atoms. The second kappa shape index (κ2) is 7.08. The summed E-state index contributed by atoms with van der Waals surface area (Å²) in [5, 5.41) is 8.66. The third-order valence-electron chi connectivity index (χ3n) is 4.47. The molecule has 0 N–H and O–H groups in total. The van der Waals surface area contributed by atoms with Gasteiger partial charge in [-0.1, -0.05) is 16.8 Å². The summed E-state index contributed by atoms with van der Waals surface area (Å²) in [5.74, 6) is 1.70. The van der Waals surface area contributed by atoms with E-state index in [1.165, 1.54) is 0 Å². The van der Waals surface area contributed by atoms with Crippen molar-refractivity contribution in [2.45, 2.75) is 26.8 Å². The van der Waals surface area contributed by atoms with Crippen molar-refractivity contribution in [1.29, 1.82) is 0 Å². The molecule has 0 atom stereocenters. The minimum Gasteiger partial charge on any atom is -0.486 e. The molecule has 0 fully saturated rings. The molecular weight excluding hydrogens is 370 g/mol. The molecule has 27 heavy (non-hydrogen) atoms. The molecule has 1 aliphatic rings. The summed E-state index contributed by atoms with van der Waals surface area (Å²) in [5.41, 5.74) is 3.14. The third-order valence-corrected chi connectivity index (χ3v) is 4.75. The van der Waals surface area contributed by atoms with Gasteiger partial charge >= 0.3 is 0 Å². The van der Waals surface area contributed by atoms with E-state index in [-0.39, 0.29) is 12.2 Å². The van der Waals surface area contributed by atoms with Crippen LogP contribution in [0.15, 0.2) is 29.0 Å². The molecule has 3 aromatic rings. The van der Waals surface area contributed by atoms with Crippen LogP contribution in [-0.2, 0) is 13.0 Å². The maximum atomic E-state index is 12.7. The van der Waals surface area contributed by atoms with Gasteiger partial charge in [-0.25, -0.2) is 0 Å². The number of benzene rings is 1. The Balaban J connectivity index is 1.49. The first-order chi connectivity index (χ1) is 13.0. The summed E-state index contributed by atoms with van der Waals surface area (Å²) in [6.07, 6.45) is 3.76. The highest BCUT2D eigenvalue weighted by Crippen LogP contribution is 2.38. The van der Waals surface area contributed by atoms with Crippen molar-refractivity contribution in [2.75, 3.05) is 13.2 Å². The fraction of sp³-hybridized carbons (Fsp3) is 0.316. The molecule has 7 nitrogen and oxygen atoms in total. The average Bonchev–Trinajstić information content (AvgIpc) is 3.23. The number of fused-ring (bicyclic) bond motifs is 1. The molecule has 140 valence electrons. The van der Waals surface area contributed by atoms with E-state index < -0.39 is 0 Å². The molecular formula is C19H18ClN3O4. The lowest BCUT2D eigenvalue weighted by Gasteiger charge is -2.20. The van der Waals surface area contributed by atoms with E-state index >= 15 is 0 Å². The van der Waals surface area contributed by atoms with Crippen LogP contribution >= 0.6 is 11.6 Å². The Morgan fingerprint density at radius 3 is 2.85 bits per heavy atom. The highest BCUT2D eigenvalue weighted by atomic mass is 35.5. The van der Waals surface area contributed by atoms with Crippen LogP contribution in [0.2, 0.25) is 5.02 Å². The van der Waals surface area contributed by atoms with Gasteiger partial charge in [0, 0.05) is 23.7 Å². The number of nitrogens with zero attached hydrogens (tertiary/aromatic N) is 3. The molecule has 0 spiro atoms. The number of hydrogen-bond acceptors (Lipinski definition) is 6. The van der Waals surface area contributed by atoms with Crippen LogP contribution in [0, 0.1) is 13.8 Å². The zero-order valence-corrected chi connectivity index (χ0v) is 15.7. The van der Waals surface area contributed by atoms with Crippen LogP contribution in [0.4, 0.5) is 0 Å². The Kier molecular flexibility index (Phi) is 4.61. The normalized spacial score (nSPS) is 13.0. The first kappa shape index (κ1) is 17.6. The SMILES string of the molecule is Cc1noc(C)c1Cn1cc(CC(=O)c2cc(Cl)c3c(c2)OCCO3)cn1. The van der Waals surface area contributed by atoms with Crippen molar-refractivity contribution in [3.8, 4) is 11.5 Å². The molecule has 0 radical (unpaired) electrons. The lowest BCUT2D eigenvalue weighted by molar-refractivity contribution is 0.0991. The maximum Gasteiger partial charge on any atom is 0.179 e. The van der Waals surface area contributed by atoms with E-state index in [0.29, 0.717) is 41.8 Å². The van der Waals surface area contributed by atoms with Gasteiger partial charge in [-0.15, -0.1) is 0 Å². The van der Waals surface area contributed by atoms with E-state index in [1.54, 1.807) is 23.0 Å². The van der Waals surface area contributed by atoms with Crippen LogP contribution in [0.25, 0.3) is 0 Å². The number of hydrogen-bond donors (Lipinski definition) is 0. The number of carbonyl (C=O) groups is 1. The number of halogens is 1. The zero-order chi connectivity index (χ0) is 19.0. The maximum absolute atomic E-state index is 12.7. The van der Waals surface area contributed by atoms with Crippen molar-refractivity contribution >= 4 is 17.4 Å². The van der Waals surface area contributed by atoms with Gasteiger partial charge in [0.05, 0.1) is 23.5 Å². The Labute approximate surface area is 160 Å². The number of aromatic nitrogens is 3. The molecule has 0 unspecified atom stereocenters. The Morgan fingerprint density at radius 2 is 2.07 bits per heavy atom. The lowest BCUT2D eigenvalue weighted by atomic mass is 10.0. The minimum absolute atomic E-state index is 0.0641. The molecule has 1 aliphatic heterocycles. The Hall–Kier alpha value is -2.80. The molecule has 0 amide bonds. The summed E-state index contributed by atoms with van der Waals surface area (Å²) >= 11 is 6.22. The van der Waals surface area contributed by atoms with Gasteiger partial charge in [0.15, 0.2) is 17.3 Å². The monoisotopic (exact) mass is 387 g/mol. The first-order valence-corrected chi connectivity index (χ1v) is 8.94. The van der Waals surface area contributed by atoms with Crippen molar-refractivity contribution in [3.63, 3.8) is 0 Å². The molecule has 8 heteroatoms. The first-order valence-electron chi connectivity index (χ1n) is 8.56. The molecule has 0 aliphatic carbocycles. The number of ketones is 1. The highest BCUT2D eigenvalue weighted by Gasteiger charge is 2.20. The molecule has 3 heterocycles. The summed E-state index contributed by atoms with van der Waals surface area (Å²) < 4.78 is 18.0. The van der Waals surface area contributed by atoms with E-state index in [1.807, 2.05) is 20.0 Å². The molecule has 2 aromatic heterocycles. The van der Waals surface area contributed by atoms with Crippen LogP contribution in [0.3, 0.4) is 0 Å². The van der Waals surface area contributed by atoms with Crippen LogP contribution < -0.4 is 9.47 Å².